The van der Waals surface area contributed by atoms with E-state index >= 15 is 0 Å². The number of carbonyl (C=O) groups is 2. The van der Waals surface area contributed by atoms with Crippen LogP contribution in [0.2, 0.25) is 0 Å². The lowest BCUT2D eigenvalue weighted by Gasteiger charge is -2.31. The van der Waals surface area contributed by atoms with E-state index in [1.807, 2.05) is 22.4 Å². The molecule has 1 atom stereocenters. The summed E-state index contributed by atoms with van der Waals surface area (Å²) in [5, 5.41) is 5.13. The van der Waals surface area contributed by atoms with Crippen molar-refractivity contribution in [2.75, 3.05) is 13.1 Å². The highest BCUT2D eigenvalue weighted by Gasteiger charge is 2.29. The number of amides is 2. The quantitative estimate of drug-likeness (QED) is 0.835. The minimum Gasteiger partial charge on any atom is -0.349 e. The lowest BCUT2D eigenvalue weighted by Crippen LogP contribution is -2.43. The summed E-state index contributed by atoms with van der Waals surface area (Å²) in [4.78, 5) is 27.9. The molecular formula is C23H28N2O2S. The number of aryl methyl sites for hydroxylation is 2. The lowest BCUT2D eigenvalue weighted by molar-refractivity contribution is -0.126. The zero-order valence-electron chi connectivity index (χ0n) is 16.4. The molecule has 1 fully saturated rings. The molecule has 2 aliphatic rings. The first-order valence-corrected chi connectivity index (χ1v) is 11.2. The monoisotopic (exact) mass is 396 g/mol. The normalized spacial score (nSPS) is 18.4. The molecule has 1 aliphatic heterocycles. The Bertz CT molecular complexity index is 838. The Hall–Kier alpha value is -2.14. The van der Waals surface area contributed by atoms with Gasteiger partial charge in [-0.3, -0.25) is 9.59 Å². The summed E-state index contributed by atoms with van der Waals surface area (Å²) in [6.45, 7) is 3.38. The molecule has 1 saturated heterocycles. The number of carbonyl (C=O) groups excluding carboxylic acids is 2. The van der Waals surface area contributed by atoms with Crippen LogP contribution >= 0.6 is 11.3 Å². The molecule has 28 heavy (non-hydrogen) atoms. The number of benzene rings is 1. The van der Waals surface area contributed by atoms with Gasteiger partial charge in [0.15, 0.2) is 0 Å². The second kappa shape index (κ2) is 8.48. The third kappa shape index (κ3) is 4.14. The second-order valence-electron chi connectivity index (χ2n) is 8.01. The largest absolute Gasteiger partial charge is 0.349 e. The van der Waals surface area contributed by atoms with Crippen molar-refractivity contribution in [3.8, 4) is 0 Å². The molecule has 1 aromatic carbocycles. The summed E-state index contributed by atoms with van der Waals surface area (Å²) in [5.41, 5.74) is 4.11. The van der Waals surface area contributed by atoms with Crippen molar-refractivity contribution in [3.05, 3.63) is 57.3 Å². The van der Waals surface area contributed by atoms with E-state index in [2.05, 4.69) is 30.4 Å². The van der Waals surface area contributed by atoms with Crippen LogP contribution < -0.4 is 5.32 Å². The van der Waals surface area contributed by atoms with Gasteiger partial charge < -0.3 is 10.2 Å². The standard InChI is InChI=1S/C23H28N2O2S/c1-16(19-9-8-17-5-2-3-6-20(17)15-19)24-22(26)18-10-12-25(13-11-18)23(27)21-7-4-14-28-21/h4,7-9,14-16,18H,2-3,5-6,10-13H2,1H3,(H,24,26)/t16-/m0/s1. The fourth-order valence-electron chi connectivity index (χ4n) is 4.34. The maximum absolute atomic E-state index is 12.8. The number of hydrogen-bond donors (Lipinski definition) is 1. The third-order valence-corrected chi connectivity index (χ3v) is 6.97. The van der Waals surface area contributed by atoms with Gasteiger partial charge in [0.05, 0.1) is 10.9 Å². The Kier molecular flexibility index (Phi) is 5.81. The van der Waals surface area contributed by atoms with Crippen molar-refractivity contribution in [2.24, 2.45) is 5.92 Å². The molecule has 4 nitrogen and oxygen atoms in total. The Labute approximate surface area is 170 Å². The molecule has 5 heteroatoms. The van der Waals surface area contributed by atoms with E-state index in [1.165, 1.54) is 47.3 Å². The second-order valence-corrected chi connectivity index (χ2v) is 8.96. The summed E-state index contributed by atoms with van der Waals surface area (Å²) >= 11 is 1.48. The van der Waals surface area contributed by atoms with Crippen LogP contribution in [-0.4, -0.2) is 29.8 Å². The number of hydrogen-bond acceptors (Lipinski definition) is 3. The Morgan fingerprint density at radius 1 is 1.11 bits per heavy atom. The number of rotatable bonds is 4. The molecule has 4 rings (SSSR count). The van der Waals surface area contributed by atoms with Crippen molar-refractivity contribution < 1.29 is 9.59 Å². The number of thiophene rings is 1. The van der Waals surface area contributed by atoms with Gasteiger partial charge in [-0.15, -0.1) is 11.3 Å². The summed E-state index contributed by atoms with van der Waals surface area (Å²) in [7, 11) is 0. The maximum Gasteiger partial charge on any atom is 0.263 e. The molecule has 1 aliphatic carbocycles. The lowest BCUT2D eigenvalue weighted by atomic mass is 9.89. The van der Waals surface area contributed by atoms with Gasteiger partial charge >= 0.3 is 0 Å². The molecule has 2 amide bonds. The maximum atomic E-state index is 12.8. The zero-order valence-corrected chi connectivity index (χ0v) is 17.3. The molecule has 0 spiro atoms. The summed E-state index contributed by atoms with van der Waals surface area (Å²) < 4.78 is 0. The highest BCUT2D eigenvalue weighted by atomic mass is 32.1. The first kappa shape index (κ1) is 19.2. The van der Waals surface area contributed by atoms with E-state index in [4.69, 9.17) is 0 Å². The summed E-state index contributed by atoms with van der Waals surface area (Å²) in [5.74, 6) is 0.206. The molecule has 1 N–H and O–H groups in total. The minimum atomic E-state index is -0.00698. The Morgan fingerprint density at radius 3 is 2.57 bits per heavy atom. The zero-order chi connectivity index (χ0) is 19.5. The third-order valence-electron chi connectivity index (χ3n) is 6.12. The van der Waals surface area contributed by atoms with E-state index in [0.717, 1.165) is 24.1 Å². The average molecular weight is 397 g/mol. The first-order valence-electron chi connectivity index (χ1n) is 10.4. The molecule has 2 aromatic rings. The molecule has 0 radical (unpaired) electrons. The highest BCUT2D eigenvalue weighted by molar-refractivity contribution is 7.12. The van der Waals surface area contributed by atoms with Crippen LogP contribution in [0.15, 0.2) is 35.7 Å². The summed E-state index contributed by atoms with van der Waals surface area (Å²) in [6.07, 6.45) is 6.35. The number of piperidine rings is 1. The van der Waals surface area contributed by atoms with Crippen LogP contribution in [-0.2, 0) is 17.6 Å². The van der Waals surface area contributed by atoms with E-state index in [0.29, 0.717) is 13.1 Å². The van der Waals surface area contributed by atoms with Crippen molar-refractivity contribution in [1.29, 1.82) is 0 Å². The SMILES string of the molecule is C[C@H](NC(=O)C1CCN(C(=O)c2cccs2)CC1)c1ccc2c(c1)CCCC2. The fraction of sp³-hybridized carbons (Fsp3) is 0.478. The van der Waals surface area contributed by atoms with Crippen LogP contribution in [0.5, 0.6) is 0 Å². The van der Waals surface area contributed by atoms with E-state index < -0.39 is 0 Å². The minimum absolute atomic E-state index is 0.00698. The number of nitrogens with one attached hydrogen (secondary N) is 1. The van der Waals surface area contributed by atoms with Crippen LogP contribution in [0.1, 0.15) is 65.0 Å². The van der Waals surface area contributed by atoms with Gasteiger partial charge in [0, 0.05) is 19.0 Å². The smallest absolute Gasteiger partial charge is 0.263 e. The Morgan fingerprint density at radius 2 is 1.86 bits per heavy atom. The van der Waals surface area contributed by atoms with Gasteiger partial charge in [0.2, 0.25) is 5.91 Å². The molecular weight excluding hydrogens is 368 g/mol. The molecule has 0 bridgehead atoms. The molecule has 1 aromatic heterocycles. The molecule has 0 unspecified atom stereocenters. The highest BCUT2D eigenvalue weighted by Crippen LogP contribution is 2.26. The van der Waals surface area contributed by atoms with Crippen molar-refractivity contribution in [2.45, 2.75) is 51.5 Å². The van der Waals surface area contributed by atoms with Crippen LogP contribution in [0.25, 0.3) is 0 Å². The number of likely N-dealkylation sites (tertiary alicyclic amines) is 1. The topological polar surface area (TPSA) is 49.4 Å². The molecule has 2 heterocycles. The van der Waals surface area contributed by atoms with Gasteiger partial charge in [-0.25, -0.2) is 0 Å². The van der Waals surface area contributed by atoms with Gasteiger partial charge in [-0.05, 0) is 73.6 Å². The van der Waals surface area contributed by atoms with Crippen LogP contribution in [0.3, 0.4) is 0 Å². The first-order chi connectivity index (χ1) is 13.6. The van der Waals surface area contributed by atoms with Crippen LogP contribution in [0, 0.1) is 5.92 Å². The number of fused-ring (bicyclic) bond motifs is 1. The predicted molar refractivity (Wildman–Crippen MR) is 113 cm³/mol. The van der Waals surface area contributed by atoms with Gasteiger partial charge in [0.1, 0.15) is 0 Å². The summed E-state index contributed by atoms with van der Waals surface area (Å²) in [6, 6.07) is 10.5. The van der Waals surface area contributed by atoms with Gasteiger partial charge in [0.25, 0.3) is 5.91 Å². The van der Waals surface area contributed by atoms with Gasteiger partial charge in [-0.1, -0.05) is 24.3 Å². The van der Waals surface area contributed by atoms with E-state index in [1.54, 1.807) is 0 Å². The van der Waals surface area contributed by atoms with E-state index in [-0.39, 0.29) is 23.8 Å². The van der Waals surface area contributed by atoms with Crippen molar-refractivity contribution in [3.63, 3.8) is 0 Å². The fourth-order valence-corrected chi connectivity index (χ4v) is 5.03. The molecule has 148 valence electrons. The Balaban J connectivity index is 1.31. The van der Waals surface area contributed by atoms with Crippen molar-refractivity contribution >= 4 is 23.2 Å². The van der Waals surface area contributed by atoms with Crippen molar-refractivity contribution in [1.82, 2.24) is 10.2 Å². The predicted octanol–water partition coefficient (Wildman–Crippen LogP) is 4.36. The van der Waals surface area contributed by atoms with E-state index in [9.17, 15) is 9.59 Å². The van der Waals surface area contributed by atoms with Crippen LogP contribution in [0.4, 0.5) is 0 Å². The van der Waals surface area contributed by atoms with Gasteiger partial charge in [-0.2, -0.15) is 0 Å². The molecule has 0 saturated carbocycles. The average Bonchev–Trinajstić information content (AvgIpc) is 3.28. The number of nitrogens with zero attached hydrogens (tertiary/aromatic N) is 1.